The lowest BCUT2D eigenvalue weighted by atomic mass is 10.4. The zero-order valence-corrected chi connectivity index (χ0v) is 10.3. The minimum Gasteiger partial charge on any atom is -0.479 e. The van der Waals surface area contributed by atoms with Crippen LogP contribution in [0, 0.1) is 0 Å². The fraction of sp³-hybridized carbons (Fsp3) is 0.182. The van der Waals surface area contributed by atoms with Crippen molar-refractivity contribution in [1.82, 2.24) is 29.7 Å². The van der Waals surface area contributed by atoms with Gasteiger partial charge in [-0.3, -0.25) is 0 Å². The molecule has 3 aromatic rings. The van der Waals surface area contributed by atoms with Gasteiger partial charge in [-0.15, -0.1) is 5.10 Å². The van der Waals surface area contributed by atoms with Gasteiger partial charge in [0.2, 0.25) is 5.88 Å². The summed E-state index contributed by atoms with van der Waals surface area (Å²) < 4.78 is 11.8. The predicted molar refractivity (Wildman–Crippen MR) is 65.4 cm³/mol. The van der Waals surface area contributed by atoms with Gasteiger partial charge in [0.05, 0.1) is 25.8 Å². The molecule has 0 aliphatic carbocycles. The Kier molecular flexibility index (Phi) is 2.67. The van der Waals surface area contributed by atoms with Crippen molar-refractivity contribution in [3.8, 4) is 17.6 Å². The highest BCUT2D eigenvalue weighted by Gasteiger charge is 2.12. The van der Waals surface area contributed by atoms with Crippen LogP contribution in [0.1, 0.15) is 0 Å². The van der Waals surface area contributed by atoms with Crippen LogP contribution in [0.15, 0.2) is 24.9 Å². The van der Waals surface area contributed by atoms with Gasteiger partial charge in [-0.1, -0.05) is 0 Å². The van der Waals surface area contributed by atoms with Crippen molar-refractivity contribution in [2.24, 2.45) is 0 Å². The molecule has 8 nitrogen and oxygen atoms in total. The van der Waals surface area contributed by atoms with Crippen LogP contribution in [0.4, 0.5) is 0 Å². The summed E-state index contributed by atoms with van der Waals surface area (Å²) in [5.41, 5.74) is 1.19. The SMILES string of the molecule is COc1ncc(-n2cc3cncnc3n2)c(OC)n1. The molecule has 3 heterocycles. The number of hydrogen-bond acceptors (Lipinski definition) is 7. The molecule has 0 radical (unpaired) electrons. The van der Waals surface area contributed by atoms with E-state index in [1.165, 1.54) is 20.5 Å². The van der Waals surface area contributed by atoms with Gasteiger partial charge in [0.15, 0.2) is 5.65 Å². The Bertz CT molecular complexity index is 693. The van der Waals surface area contributed by atoms with Crippen LogP contribution in [-0.2, 0) is 0 Å². The van der Waals surface area contributed by atoms with Gasteiger partial charge in [-0.05, 0) is 0 Å². The van der Waals surface area contributed by atoms with E-state index < -0.39 is 0 Å². The molecule has 0 atom stereocenters. The molecule has 19 heavy (non-hydrogen) atoms. The predicted octanol–water partition coefficient (Wildman–Crippen LogP) is 0.623. The van der Waals surface area contributed by atoms with Gasteiger partial charge in [-0.2, -0.15) is 4.98 Å². The van der Waals surface area contributed by atoms with Gasteiger partial charge in [0.1, 0.15) is 12.0 Å². The summed E-state index contributed by atoms with van der Waals surface area (Å²) in [7, 11) is 3.01. The lowest BCUT2D eigenvalue weighted by molar-refractivity contribution is 0.350. The molecule has 0 saturated heterocycles. The van der Waals surface area contributed by atoms with E-state index in [0.29, 0.717) is 17.2 Å². The summed E-state index contributed by atoms with van der Waals surface area (Å²) in [6.45, 7) is 0. The highest BCUT2D eigenvalue weighted by Crippen LogP contribution is 2.22. The molecule has 0 bridgehead atoms. The first-order valence-corrected chi connectivity index (χ1v) is 5.42. The fourth-order valence-corrected chi connectivity index (χ4v) is 1.64. The summed E-state index contributed by atoms with van der Waals surface area (Å²) in [5, 5.41) is 5.13. The van der Waals surface area contributed by atoms with Gasteiger partial charge >= 0.3 is 6.01 Å². The second kappa shape index (κ2) is 4.48. The number of nitrogens with zero attached hydrogens (tertiary/aromatic N) is 6. The Morgan fingerprint density at radius 3 is 2.74 bits per heavy atom. The lowest BCUT2D eigenvalue weighted by Gasteiger charge is -2.07. The summed E-state index contributed by atoms with van der Waals surface area (Å²) in [6.07, 6.45) is 6.48. The van der Waals surface area contributed by atoms with E-state index in [1.54, 1.807) is 23.3 Å². The number of aromatic nitrogens is 6. The van der Waals surface area contributed by atoms with E-state index in [9.17, 15) is 0 Å². The quantitative estimate of drug-likeness (QED) is 0.680. The second-order valence-corrected chi connectivity index (χ2v) is 3.63. The maximum absolute atomic E-state index is 5.21. The Hall–Kier alpha value is -2.77. The smallest absolute Gasteiger partial charge is 0.319 e. The minimum absolute atomic E-state index is 0.233. The Balaban J connectivity index is 2.15. The van der Waals surface area contributed by atoms with Crippen LogP contribution in [-0.4, -0.2) is 43.9 Å². The molecule has 8 heteroatoms. The number of fused-ring (bicyclic) bond motifs is 1. The number of methoxy groups -OCH3 is 2. The molecular weight excluding hydrogens is 248 g/mol. The molecule has 0 saturated carbocycles. The average molecular weight is 258 g/mol. The van der Waals surface area contributed by atoms with Crippen LogP contribution >= 0.6 is 0 Å². The van der Waals surface area contributed by atoms with Crippen molar-refractivity contribution in [2.75, 3.05) is 14.2 Å². The molecule has 3 aromatic heterocycles. The van der Waals surface area contributed by atoms with Crippen molar-refractivity contribution in [1.29, 1.82) is 0 Å². The average Bonchev–Trinajstić information content (AvgIpc) is 2.90. The lowest BCUT2D eigenvalue weighted by Crippen LogP contribution is -2.03. The Morgan fingerprint density at radius 1 is 1.11 bits per heavy atom. The summed E-state index contributed by atoms with van der Waals surface area (Å²) in [6, 6.07) is 0.233. The Labute approximate surface area is 108 Å². The second-order valence-electron chi connectivity index (χ2n) is 3.63. The van der Waals surface area contributed by atoms with Crippen molar-refractivity contribution in [2.45, 2.75) is 0 Å². The first kappa shape index (κ1) is 11.3. The van der Waals surface area contributed by atoms with E-state index in [2.05, 4.69) is 25.0 Å². The van der Waals surface area contributed by atoms with E-state index in [-0.39, 0.29) is 6.01 Å². The Morgan fingerprint density at radius 2 is 2.00 bits per heavy atom. The molecule has 0 aromatic carbocycles. The van der Waals surface area contributed by atoms with Crippen molar-refractivity contribution in [3.63, 3.8) is 0 Å². The zero-order chi connectivity index (χ0) is 13.2. The first-order valence-electron chi connectivity index (χ1n) is 5.42. The number of hydrogen-bond donors (Lipinski definition) is 0. The summed E-state index contributed by atoms with van der Waals surface area (Å²) in [5.74, 6) is 0.368. The zero-order valence-electron chi connectivity index (χ0n) is 10.3. The molecule has 0 aliphatic rings. The van der Waals surface area contributed by atoms with Crippen LogP contribution in [0.5, 0.6) is 11.9 Å². The van der Waals surface area contributed by atoms with Crippen LogP contribution in [0.3, 0.4) is 0 Å². The molecule has 0 N–H and O–H groups in total. The summed E-state index contributed by atoms with van der Waals surface area (Å²) in [4.78, 5) is 16.2. The van der Waals surface area contributed by atoms with Gasteiger partial charge in [0, 0.05) is 12.4 Å². The minimum atomic E-state index is 0.233. The highest BCUT2D eigenvalue weighted by atomic mass is 16.5. The highest BCUT2D eigenvalue weighted by molar-refractivity contribution is 5.73. The first-order chi connectivity index (χ1) is 9.31. The fourth-order valence-electron chi connectivity index (χ4n) is 1.64. The maximum Gasteiger partial charge on any atom is 0.319 e. The molecular formula is C11H10N6O2. The standard InChI is InChI=1S/C11H10N6O2/c1-18-10-8(4-13-11(15-10)19-2)17-5-7-3-12-6-14-9(7)16-17/h3-6H,1-2H3. The van der Waals surface area contributed by atoms with E-state index in [4.69, 9.17) is 9.47 Å². The maximum atomic E-state index is 5.21. The van der Waals surface area contributed by atoms with E-state index >= 15 is 0 Å². The molecule has 96 valence electrons. The van der Waals surface area contributed by atoms with Gasteiger partial charge < -0.3 is 9.47 Å². The van der Waals surface area contributed by atoms with E-state index in [0.717, 1.165) is 5.39 Å². The largest absolute Gasteiger partial charge is 0.479 e. The third-order valence-corrected chi connectivity index (χ3v) is 2.52. The van der Waals surface area contributed by atoms with E-state index in [1.807, 2.05) is 0 Å². The van der Waals surface area contributed by atoms with Gasteiger partial charge in [0.25, 0.3) is 0 Å². The monoisotopic (exact) mass is 258 g/mol. The number of rotatable bonds is 3. The van der Waals surface area contributed by atoms with Crippen LogP contribution in [0.2, 0.25) is 0 Å². The third kappa shape index (κ3) is 1.92. The normalized spacial score (nSPS) is 10.6. The summed E-state index contributed by atoms with van der Waals surface area (Å²) >= 11 is 0. The molecule has 0 unspecified atom stereocenters. The van der Waals surface area contributed by atoms with Crippen molar-refractivity contribution in [3.05, 3.63) is 24.9 Å². The third-order valence-electron chi connectivity index (χ3n) is 2.52. The van der Waals surface area contributed by atoms with Crippen LogP contribution in [0.25, 0.3) is 16.7 Å². The molecule has 0 spiro atoms. The number of ether oxygens (including phenoxy) is 2. The van der Waals surface area contributed by atoms with Crippen LogP contribution < -0.4 is 9.47 Å². The molecule has 0 aliphatic heterocycles. The van der Waals surface area contributed by atoms with Crippen molar-refractivity contribution >= 4 is 11.0 Å². The molecule has 3 rings (SSSR count). The molecule has 0 fully saturated rings. The topological polar surface area (TPSA) is 87.8 Å². The molecule has 0 amide bonds. The van der Waals surface area contributed by atoms with Crippen molar-refractivity contribution < 1.29 is 9.47 Å². The van der Waals surface area contributed by atoms with Gasteiger partial charge in [-0.25, -0.2) is 19.6 Å².